The quantitative estimate of drug-likeness (QED) is 0.868. The van der Waals surface area contributed by atoms with Crippen molar-refractivity contribution in [2.24, 2.45) is 0 Å². The van der Waals surface area contributed by atoms with Crippen LogP contribution in [0.1, 0.15) is 25.6 Å². The molecule has 1 aromatic carbocycles. The van der Waals surface area contributed by atoms with E-state index in [1.807, 2.05) is 43.0 Å². The van der Waals surface area contributed by atoms with E-state index in [-0.39, 0.29) is 5.91 Å². The maximum absolute atomic E-state index is 12.0. The number of amides is 1. The molecule has 1 saturated heterocycles. The summed E-state index contributed by atoms with van der Waals surface area (Å²) in [5.41, 5.74) is 2.04. The minimum absolute atomic E-state index is 0.265. The highest BCUT2D eigenvalue weighted by Crippen LogP contribution is 2.22. The zero-order chi connectivity index (χ0) is 16.9. The monoisotopic (exact) mass is 324 g/mol. The van der Waals surface area contributed by atoms with Crippen LogP contribution in [0, 0.1) is 6.92 Å². The first-order chi connectivity index (χ1) is 11.7. The largest absolute Gasteiger partial charge is 0.353 e. The van der Waals surface area contributed by atoms with Gasteiger partial charge in [-0.05, 0) is 13.3 Å². The van der Waals surface area contributed by atoms with Crippen molar-refractivity contribution in [3.8, 4) is 11.3 Å². The Labute approximate surface area is 143 Å². The highest BCUT2D eigenvalue weighted by atomic mass is 16.2. The van der Waals surface area contributed by atoms with Gasteiger partial charge >= 0.3 is 0 Å². The fourth-order valence-corrected chi connectivity index (χ4v) is 3.03. The van der Waals surface area contributed by atoms with Crippen LogP contribution in [-0.2, 0) is 4.79 Å². The van der Waals surface area contributed by atoms with E-state index in [1.165, 1.54) is 0 Å². The molecule has 1 aromatic heterocycles. The van der Waals surface area contributed by atoms with Crippen molar-refractivity contribution in [1.82, 2.24) is 14.9 Å². The summed E-state index contributed by atoms with van der Waals surface area (Å²) in [4.78, 5) is 25.4. The molecule has 1 aliphatic rings. The zero-order valence-electron chi connectivity index (χ0n) is 14.4. The van der Waals surface area contributed by atoms with Crippen LogP contribution in [0.25, 0.3) is 11.3 Å². The third kappa shape index (κ3) is 3.72. The third-order valence-electron chi connectivity index (χ3n) is 4.31. The molecular weight excluding hydrogens is 300 g/mol. The average Bonchev–Trinajstić information content (AvgIpc) is 2.62. The van der Waals surface area contributed by atoms with Crippen LogP contribution in [0.5, 0.6) is 0 Å². The van der Waals surface area contributed by atoms with E-state index >= 15 is 0 Å². The molecule has 5 heteroatoms. The van der Waals surface area contributed by atoms with E-state index in [0.717, 1.165) is 55.5 Å². The lowest BCUT2D eigenvalue weighted by atomic mass is 10.1. The predicted molar refractivity (Wildman–Crippen MR) is 95.9 cm³/mol. The second kappa shape index (κ2) is 7.43. The fraction of sp³-hybridized carbons (Fsp3) is 0.421. The molecule has 0 atom stereocenters. The van der Waals surface area contributed by atoms with Gasteiger partial charge in [-0.25, -0.2) is 9.97 Å². The average molecular weight is 324 g/mol. The van der Waals surface area contributed by atoms with Gasteiger partial charge in [0.05, 0.1) is 5.69 Å². The minimum Gasteiger partial charge on any atom is -0.353 e. The van der Waals surface area contributed by atoms with Crippen molar-refractivity contribution in [2.45, 2.75) is 26.7 Å². The Kier molecular flexibility index (Phi) is 5.08. The molecular formula is C19H24N4O. The summed E-state index contributed by atoms with van der Waals surface area (Å²) in [7, 11) is 0. The van der Waals surface area contributed by atoms with Gasteiger partial charge in [0.1, 0.15) is 11.6 Å². The predicted octanol–water partition coefficient (Wildman–Crippen LogP) is 2.90. The number of rotatable bonds is 4. The first-order valence-electron chi connectivity index (χ1n) is 8.61. The molecule has 1 aliphatic heterocycles. The molecule has 0 spiro atoms. The standard InChI is InChI=1S/C19H24N4O/c1-3-7-19(24)23-12-10-22(11-13-23)18-14-17(20-15(2)21-18)16-8-5-4-6-9-16/h4-6,8-9,14H,3,7,10-13H2,1-2H3. The number of piperazine rings is 1. The number of carbonyl (C=O) groups is 1. The van der Waals surface area contributed by atoms with E-state index in [2.05, 4.69) is 27.0 Å². The third-order valence-corrected chi connectivity index (χ3v) is 4.31. The van der Waals surface area contributed by atoms with Gasteiger partial charge in [-0.3, -0.25) is 4.79 Å². The molecule has 5 nitrogen and oxygen atoms in total. The lowest BCUT2D eigenvalue weighted by Gasteiger charge is -2.35. The Hall–Kier alpha value is -2.43. The number of anilines is 1. The van der Waals surface area contributed by atoms with Gasteiger partial charge in [-0.15, -0.1) is 0 Å². The SMILES string of the molecule is CCCC(=O)N1CCN(c2cc(-c3ccccc3)nc(C)n2)CC1. The van der Waals surface area contributed by atoms with Gasteiger partial charge in [0.25, 0.3) is 0 Å². The number of benzene rings is 1. The van der Waals surface area contributed by atoms with Gasteiger partial charge in [-0.1, -0.05) is 37.3 Å². The zero-order valence-corrected chi connectivity index (χ0v) is 14.4. The van der Waals surface area contributed by atoms with Gasteiger partial charge in [-0.2, -0.15) is 0 Å². The van der Waals surface area contributed by atoms with Crippen molar-refractivity contribution in [2.75, 3.05) is 31.1 Å². The summed E-state index contributed by atoms with van der Waals surface area (Å²) < 4.78 is 0. The summed E-state index contributed by atoms with van der Waals surface area (Å²) in [6.07, 6.45) is 1.55. The summed E-state index contributed by atoms with van der Waals surface area (Å²) in [5, 5.41) is 0. The van der Waals surface area contributed by atoms with Crippen LogP contribution in [-0.4, -0.2) is 47.0 Å². The molecule has 0 unspecified atom stereocenters. The molecule has 0 aliphatic carbocycles. The topological polar surface area (TPSA) is 49.3 Å². The van der Waals surface area contributed by atoms with Gasteiger partial charge in [0.2, 0.25) is 5.91 Å². The lowest BCUT2D eigenvalue weighted by molar-refractivity contribution is -0.131. The lowest BCUT2D eigenvalue weighted by Crippen LogP contribution is -2.49. The van der Waals surface area contributed by atoms with E-state index in [4.69, 9.17) is 0 Å². The van der Waals surface area contributed by atoms with Crippen molar-refractivity contribution in [1.29, 1.82) is 0 Å². The van der Waals surface area contributed by atoms with Crippen molar-refractivity contribution < 1.29 is 4.79 Å². The molecule has 2 heterocycles. The maximum atomic E-state index is 12.0. The van der Waals surface area contributed by atoms with Gasteiger partial charge < -0.3 is 9.80 Å². The molecule has 1 fully saturated rings. The van der Waals surface area contributed by atoms with Crippen molar-refractivity contribution in [3.05, 3.63) is 42.2 Å². The smallest absolute Gasteiger partial charge is 0.222 e. The maximum Gasteiger partial charge on any atom is 0.222 e. The number of nitrogens with zero attached hydrogens (tertiary/aromatic N) is 4. The molecule has 0 radical (unpaired) electrons. The molecule has 0 N–H and O–H groups in total. The van der Waals surface area contributed by atoms with Crippen LogP contribution >= 0.6 is 0 Å². The number of carbonyl (C=O) groups excluding carboxylic acids is 1. The molecule has 126 valence electrons. The highest BCUT2D eigenvalue weighted by Gasteiger charge is 2.22. The molecule has 3 rings (SSSR count). The Bertz CT molecular complexity index is 694. The Morgan fingerprint density at radius 2 is 1.79 bits per heavy atom. The van der Waals surface area contributed by atoms with E-state index < -0.39 is 0 Å². The number of hydrogen-bond acceptors (Lipinski definition) is 4. The normalized spacial score (nSPS) is 14.8. The molecule has 24 heavy (non-hydrogen) atoms. The summed E-state index contributed by atoms with van der Waals surface area (Å²) in [6.45, 7) is 7.14. The summed E-state index contributed by atoms with van der Waals surface area (Å²) in [5.74, 6) is 1.99. The van der Waals surface area contributed by atoms with Crippen LogP contribution < -0.4 is 4.90 Å². The van der Waals surface area contributed by atoms with Crippen LogP contribution in [0.4, 0.5) is 5.82 Å². The first-order valence-corrected chi connectivity index (χ1v) is 8.61. The van der Waals surface area contributed by atoms with Crippen LogP contribution in [0.15, 0.2) is 36.4 Å². The summed E-state index contributed by atoms with van der Waals surface area (Å²) >= 11 is 0. The van der Waals surface area contributed by atoms with Crippen LogP contribution in [0.3, 0.4) is 0 Å². The minimum atomic E-state index is 0.265. The van der Waals surface area contributed by atoms with E-state index in [1.54, 1.807) is 0 Å². The number of hydrogen-bond donors (Lipinski definition) is 0. The highest BCUT2D eigenvalue weighted by molar-refractivity contribution is 5.76. The molecule has 0 saturated carbocycles. The van der Waals surface area contributed by atoms with E-state index in [0.29, 0.717) is 6.42 Å². The first kappa shape index (κ1) is 16.4. The van der Waals surface area contributed by atoms with Crippen molar-refractivity contribution >= 4 is 11.7 Å². The fourth-order valence-electron chi connectivity index (χ4n) is 3.03. The number of aromatic nitrogens is 2. The van der Waals surface area contributed by atoms with Gasteiger partial charge in [0.15, 0.2) is 0 Å². The second-order valence-corrected chi connectivity index (χ2v) is 6.14. The number of aryl methyl sites for hydroxylation is 1. The summed E-state index contributed by atoms with van der Waals surface area (Å²) in [6, 6.07) is 12.2. The Morgan fingerprint density at radius 3 is 2.46 bits per heavy atom. The Morgan fingerprint density at radius 1 is 1.08 bits per heavy atom. The van der Waals surface area contributed by atoms with E-state index in [9.17, 15) is 4.79 Å². The Balaban J connectivity index is 1.74. The van der Waals surface area contributed by atoms with Gasteiger partial charge in [0, 0.05) is 44.2 Å². The van der Waals surface area contributed by atoms with Crippen molar-refractivity contribution in [3.63, 3.8) is 0 Å². The second-order valence-electron chi connectivity index (χ2n) is 6.14. The molecule has 0 bridgehead atoms. The van der Waals surface area contributed by atoms with Crippen LogP contribution in [0.2, 0.25) is 0 Å². The molecule has 2 aromatic rings. The molecule has 1 amide bonds.